The van der Waals surface area contributed by atoms with Crippen LogP contribution >= 0.6 is 0 Å². The van der Waals surface area contributed by atoms with E-state index in [1.165, 1.54) is 12.6 Å². The third-order valence-corrected chi connectivity index (χ3v) is 7.92. The maximum atomic E-state index is 12.4. The summed E-state index contributed by atoms with van der Waals surface area (Å²) in [5.74, 6) is 20.3. The minimum Gasteiger partial charge on any atom is -0.467 e. The summed E-state index contributed by atoms with van der Waals surface area (Å²) in [5, 5.41) is 14.0. The van der Waals surface area contributed by atoms with Gasteiger partial charge in [-0.15, -0.1) is 0 Å². The Labute approximate surface area is 338 Å². The zero-order valence-corrected chi connectivity index (χ0v) is 32.7. The minimum atomic E-state index is -1.11. The summed E-state index contributed by atoms with van der Waals surface area (Å²) >= 11 is 0. The van der Waals surface area contributed by atoms with Crippen molar-refractivity contribution in [3.8, 4) is 47.4 Å². The number of hydrogen-bond donors (Lipinski definition) is 8. The highest BCUT2D eigenvalue weighted by molar-refractivity contribution is 5.98. The predicted molar refractivity (Wildman–Crippen MR) is 223 cm³/mol. The molecule has 0 heterocycles. The predicted octanol–water partition coefficient (Wildman–Crippen LogP) is 2.69. The number of hydrogen-bond acceptors (Lipinski definition) is 10. The Morgan fingerprint density at radius 2 is 0.845 bits per heavy atom. The normalized spacial score (nSPS) is 11.2. The van der Waals surface area contributed by atoms with Crippen molar-refractivity contribution in [3.05, 3.63) is 130 Å². The third-order valence-electron chi connectivity index (χ3n) is 7.92. The van der Waals surface area contributed by atoms with E-state index in [9.17, 15) is 19.2 Å². The number of hydroxylamine groups is 1. The molecule has 0 fully saturated rings. The maximum Gasteiger partial charge on any atom is 0.330 e. The first-order valence-electron chi connectivity index (χ1n) is 17.6. The molecule has 0 bridgehead atoms. The Kier molecular flexibility index (Phi) is 16.2. The summed E-state index contributed by atoms with van der Waals surface area (Å²) in [7, 11) is 1.25. The molecule has 58 heavy (non-hydrogen) atoms. The first kappa shape index (κ1) is 44.9. The number of methoxy groups -OCH3 is 1. The van der Waals surface area contributed by atoms with Crippen LogP contribution in [-0.4, -0.2) is 59.2 Å². The molecule has 2 atom stereocenters. The lowest BCUT2D eigenvalue weighted by molar-refractivity contribution is -0.144. The molecule has 0 unspecified atom stereocenters. The quantitative estimate of drug-likeness (QED) is 0.0428. The second-order valence-corrected chi connectivity index (χ2v) is 13.9. The molecule has 13 heteroatoms. The number of carbonyl (C=O) groups is 4. The third kappa shape index (κ3) is 14.6. The van der Waals surface area contributed by atoms with Crippen molar-refractivity contribution in [2.45, 2.75) is 50.9 Å². The molecule has 4 aromatic rings. The van der Waals surface area contributed by atoms with Gasteiger partial charge < -0.3 is 38.3 Å². The maximum absolute atomic E-state index is 12.4. The Bertz CT molecular complexity index is 2160. The average Bonchev–Trinajstić information content (AvgIpc) is 3.19. The number of rotatable bonds is 8. The van der Waals surface area contributed by atoms with Crippen molar-refractivity contribution in [2.75, 3.05) is 18.6 Å². The van der Waals surface area contributed by atoms with Gasteiger partial charge in [-0.1, -0.05) is 23.7 Å². The molecular formula is C45H45N7O6. The number of nitrogens with two attached hydrogens (primary N) is 4. The Morgan fingerprint density at radius 1 is 0.552 bits per heavy atom. The van der Waals surface area contributed by atoms with Crippen molar-refractivity contribution in [3.63, 3.8) is 0 Å². The van der Waals surface area contributed by atoms with E-state index < -0.39 is 46.9 Å². The standard InChI is InChI=1S/C23H23N3O3.C22H22N4O3/c1-23(2,25)20(22(28)29-3)26-21(27)18-12-8-16(9-13-18)6-4-5-7-17-10-14-19(24)15-11-17;1-22(2,24)19(21(28)26-29)25-20(27)17-11-7-15(8-12-17)5-3-4-6-16-9-13-18(23)14-10-16/h8-15,20H,24-25H2,1-3H3,(H,26,27);7-14,19,29H,23-24H2,1-2H3,(H,25,27)(H,26,28)/t20-;19-/m11/s1. The molecule has 0 aliphatic heterocycles. The van der Waals surface area contributed by atoms with Crippen molar-refractivity contribution >= 4 is 35.1 Å². The number of esters is 1. The summed E-state index contributed by atoms with van der Waals surface area (Å²) < 4.78 is 4.72. The van der Waals surface area contributed by atoms with Gasteiger partial charge in [0.1, 0.15) is 12.1 Å². The van der Waals surface area contributed by atoms with Gasteiger partial charge in [-0.25, -0.2) is 10.3 Å². The van der Waals surface area contributed by atoms with Crippen molar-refractivity contribution in [2.24, 2.45) is 11.5 Å². The van der Waals surface area contributed by atoms with Crippen LogP contribution in [0.3, 0.4) is 0 Å². The molecule has 4 aromatic carbocycles. The van der Waals surface area contributed by atoms with Crippen LogP contribution in [0.15, 0.2) is 97.1 Å². The fourth-order valence-electron chi connectivity index (χ4n) is 4.71. The summed E-state index contributed by atoms with van der Waals surface area (Å²) in [6, 6.07) is 25.4. The Balaban J connectivity index is 0.000000310. The van der Waals surface area contributed by atoms with Crippen LogP contribution < -0.4 is 39.0 Å². The van der Waals surface area contributed by atoms with E-state index in [4.69, 9.17) is 32.9 Å². The van der Waals surface area contributed by atoms with Crippen molar-refractivity contribution in [1.82, 2.24) is 16.1 Å². The number of anilines is 2. The van der Waals surface area contributed by atoms with E-state index in [2.05, 4.69) is 58.0 Å². The van der Waals surface area contributed by atoms with Gasteiger partial charge in [0.25, 0.3) is 17.7 Å². The second-order valence-electron chi connectivity index (χ2n) is 13.9. The molecule has 3 amide bonds. The minimum absolute atomic E-state index is 0.323. The molecule has 13 nitrogen and oxygen atoms in total. The lowest BCUT2D eigenvalue weighted by Crippen LogP contribution is -2.61. The average molecular weight is 780 g/mol. The van der Waals surface area contributed by atoms with Crippen LogP contribution in [-0.2, 0) is 14.3 Å². The van der Waals surface area contributed by atoms with E-state index in [-0.39, 0.29) is 0 Å². The van der Waals surface area contributed by atoms with Gasteiger partial charge in [-0.3, -0.25) is 19.6 Å². The SMILES string of the molecule is CC(C)(N)[C@H](NC(=O)c1ccc(C#CC#Cc2ccc(N)cc2)cc1)C(=O)NO.COC(=O)[C@@H](NC(=O)c1ccc(C#CC#Cc2ccc(N)cc2)cc1)C(C)(C)N. The number of nitrogen functional groups attached to an aromatic ring is 2. The number of carbonyl (C=O) groups excluding carboxylic acids is 4. The number of nitrogens with one attached hydrogen (secondary N) is 3. The summed E-state index contributed by atoms with van der Waals surface area (Å²) in [6.07, 6.45) is 0. The highest BCUT2D eigenvalue weighted by Gasteiger charge is 2.35. The van der Waals surface area contributed by atoms with E-state index in [0.29, 0.717) is 33.6 Å². The van der Waals surface area contributed by atoms with Gasteiger partial charge in [-0.05, 0) is 148 Å². The van der Waals surface area contributed by atoms with Gasteiger partial charge >= 0.3 is 5.97 Å². The molecule has 296 valence electrons. The number of ether oxygens (including phenoxy) is 1. The summed E-state index contributed by atoms with van der Waals surface area (Å²) in [4.78, 5) is 48.5. The van der Waals surface area contributed by atoms with Crippen LogP contribution in [0, 0.1) is 47.4 Å². The highest BCUT2D eigenvalue weighted by atomic mass is 16.5. The number of benzene rings is 4. The van der Waals surface area contributed by atoms with E-state index in [1.807, 2.05) is 24.3 Å². The molecule has 0 spiro atoms. The zero-order valence-electron chi connectivity index (χ0n) is 32.7. The van der Waals surface area contributed by atoms with Crippen LogP contribution in [0.25, 0.3) is 0 Å². The van der Waals surface area contributed by atoms with Gasteiger partial charge in [0.2, 0.25) is 0 Å². The molecule has 0 saturated carbocycles. The number of amides is 3. The molecular weight excluding hydrogens is 735 g/mol. The van der Waals surface area contributed by atoms with Gasteiger partial charge in [0.15, 0.2) is 0 Å². The van der Waals surface area contributed by atoms with Crippen LogP contribution in [0.1, 0.15) is 70.7 Å². The monoisotopic (exact) mass is 779 g/mol. The smallest absolute Gasteiger partial charge is 0.330 e. The van der Waals surface area contributed by atoms with Crippen LogP contribution in [0.4, 0.5) is 11.4 Å². The lowest BCUT2D eigenvalue weighted by atomic mass is 9.95. The van der Waals surface area contributed by atoms with E-state index in [1.54, 1.807) is 100 Å². The highest BCUT2D eigenvalue weighted by Crippen LogP contribution is 2.11. The van der Waals surface area contributed by atoms with Crippen LogP contribution in [0.5, 0.6) is 0 Å². The van der Waals surface area contributed by atoms with Crippen LogP contribution in [0.2, 0.25) is 0 Å². The van der Waals surface area contributed by atoms with E-state index in [0.717, 1.165) is 11.1 Å². The fourth-order valence-corrected chi connectivity index (χ4v) is 4.71. The molecule has 4 rings (SSSR count). The fraction of sp³-hybridized carbons (Fsp3) is 0.200. The molecule has 0 aliphatic carbocycles. The van der Waals surface area contributed by atoms with Crippen molar-refractivity contribution in [1.29, 1.82) is 0 Å². The van der Waals surface area contributed by atoms with E-state index >= 15 is 0 Å². The zero-order chi connectivity index (χ0) is 42.9. The Morgan fingerprint density at radius 3 is 1.12 bits per heavy atom. The molecule has 0 aromatic heterocycles. The first-order chi connectivity index (χ1) is 27.4. The molecule has 0 saturated heterocycles. The summed E-state index contributed by atoms with van der Waals surface area (Å²) in [6.45, 7) is 6.41. The first-order valence-corrected chi connectivity index (χ1v) is 17.6. The largest absolute Gasteiger partial charge is 0.467 e. The van der Waals surface area contributed by atoms with Crippen molar-refractivity contribution < 1.29 is 29.1 Å². The molecule has 0 aliphatic rings. The van der Waals surface area contributed by atoms with Gasteiger partial charge in [0, 0.05) is 55.8 Å². The lowest BCUT2D eigenvalue weighted by Gasteiger charge is -2.29. The molecule has 12 N–H and O–H groups in total. The molecule has 0 radical (unpaired) electrons. The van der Waals surface area contributed by atoms with Gasteiger partial charge in [0.05, 0.1) is 7.11 Å². The summed E-state index contributed by atoms with van der Waals surface area (Å²) in [5.41, 5.74) is 27.6. The second kappa shape index (κ2) is 21.0. The van der Waals surface area contributed by atoms with Gasteiger partial charge in [-0.2, -0.15) is 0 Å². The topological polar surface area (TPSA) is 238 Å². The Hall–Kier alpha value is -7.52.